The number of halogens is 1. The Kier molecular flexibility index (Phi) is 5.09. The lowest BCUT2D eigenvalue weighted by molar-refractivity contribution is 0.0701. The summed E-state index contributed by atoms with van der Waals surface area (Å²) in [6, 6.07) is 4.75. The van der Waals surface area contributed by atoms with Crippen molar-refractivity contribution in [3.05, 3.63) is 34.5 Å². The molecule has 1 heterocycles. The summed E-state index contributed by atoms with van der Waals surface area (Å²) in [6.45, 7) is 3.34. The molecule has 0 bridgehead atoms. The number of hydrogen-bond donors (Lipinski definition) is 2. The van der Waals surface area contributed by atoms with Crippen LogP contribution in [0.4, 0.5) is 4.39 Å². The molecule has 0 aliphatic carbocycles. The number of carboxylic acid groups (broad SMARTS) is 1. The minimum absolute atomic E-state index is 0.230. The number of carboxylic acids is 1. The number of hydrogen-bond acceptors (Lipinski definition) is 3. The number of thiophene rings is 1. The summed E-state index contributed by atoms with van der Waals surface area (Å²) in [5.41, 5.74) is 0.562. The molecular formula is C15H18FNO2S. The van der Waals surface area contributed by atoms with Crippen molar-refractivity contribution in [2.24, 2.45) is 0 Å². The maximum absolute atomic E-state index is 13.9. The molecule has 0 aliphatic heterocycles. The first-order valence-corrected chi connectivity index (χ1v) is 7.60. The Balaban J connectivity index is 2.24. The van der Waals surface area contributed by atoms with E-state index < -0.39 is 5.97 Å². The molecule has 0 fully saturated rings. The Hall–Kier alpha value is -1.46. The highest BCUT2D eigenvalue weighted by Gasteiger charge is 2.19. The fourth-order valence-corrected chi connectivity index (χ4v) is 3.30. The van der Waals surface area contributed by atoms with Crippen LogP contribution in [0.1, 0.15) is 41.4 Å². The van der Waals surface area contributed by atoms with E-state index in [-0.39, 0.29) is 10.7 Å². The van der Waals surface area contributed by atoms with Crippen LogP contribution in [0.15, 0.2) is 18.2 Å². The van der Waals surface area contributed by atoms with Gasteiger partial charge in [-0.25, -0.2) is 9.18 Å². The average Bonchev–Trinajstić information content (AvgIpc) is 2.79. The van der Waals surface area contributed by atoms with Crippen LogP contribution in [0.3, 0.4) is 0 Å². The van der Waals surface area contributed by atoms with E-state index in [1.165, 1.54) is 6.07 Å². The topological polar surface area (TPSA) is 49.3 Å². The number of rotatable bonds is 7. The molecule has 0 saturated heterocycles. The Labute approximate surface area is 121 Å². The summed E-state index contributed by atoms with van der Waals surface area (Å²) in [7, 11) is 0. The molecule has 0 atom stereocenters. The Morgan fingerprint density at radius 2 is 2.20 bits per heavy atom. The molecule has 0 amide bonds. The molecule has 0 spiro atoms. The highest BCUT2D eigenvalue weighted by molar-refractivity contribution is 7.21. The molecule has 2 aromatic rings. The standard InChI is InChI=1S/C15H18FNO2S/c1-2-3-4-8-17-9-10-13-11(16)6-5-7-12(13)20-14(10)15(18)19/h5-7,17H,2-4,8-9H2,1H3,(H,18,19). The SMILES string of the molecule is CCCCCNCc1c(C(=O)O)sc2cccc(F)c12. The number of benzene rings is 1. The molecule has 0 aliphatic rings. The molecule has 5 heteroatoms. The van der Waals surface area contributed by atoms with Crippen LogP contribution in [-0.4, -0.2) is 17.6 Å². The molecule has 1 aromatic carbocycles. The zero-order chi connectivity index (χ0) is 14.5. The van der Waals surface area contributed by atoms with Crippen LogP contribution in [0, 0.1) is 5.82 Å². The van der Waals surface area contributed by atoms with Crippen molar-refractivity contribution >= 4 is 27.4 Å². The number of aromatic carboxylic acids is 1. The first kappa shape index (κ1) is 14.9. The summed E-state index contributed by atoms with van der Waals surface area (Å²) in [6.07, 6.45) is 3.32. The van der Waals surface area contributed by atoms with Crippen molar-refractivity contribution in [3.63, 3.8) is 0 Å². The predicted molar refractivity (Wildman–Crippen MR) is 80.0 cm³/mol. The van der Waals surface area contributed by atoms with Gasteiger partial charge in [-0.15, -0.1) is 11.3 Å². The zero-order valence-corrected chi connectivity index (χ0v) is 12.2. The monoisotopic (exact) mass is 295 g/mol. The van der Waals surface area contributed by atoms with Crippen molar-refractivity contribution in [1.82, 2.24) is 5.32 Å². The van der Waals surface area contributed by atoms with Gasteiger partial charge in [0.1, 0.15) is 10.7 Å². The molecule has 0 radical (unpaired) electrons. The van der Waals surface area contributed by atoms with E-state index in [1.54, 1.807) is 12.1 Å². The molecule has 2 N–H and O–H groups in total. The first-order chi connectivity index (χ1) is 9.65. The van der Waals surface area contributed by atoms with Crippen LogP contribution >= 0.6 is 11.3 Å². The second-order valence-corrected chi connectivity index (χ2v) is 5.76. The van der Waals surface area contributed by atoms with Crippen LogP contribution in [-0.2, 0) is 6.54 Å². The van der Waals surface area contributed by atoms with E-state index in [0.717, 1.165) is 37.1 Å². The third kappa shape index (κ3) is 3.16. The third-order valence-electron chi connectivity index (χ3n) is 3.22. The molecular weight excluding hydrogens is 277 g/mol. The van der Waals surface area contributed by atoms with E-state index in [4.69, 9.17) is 0 Å². The Morgan fingerprint density at radius 3 is 2.90 bits per heavy atom. The normalized spacial score (nSPS) is 11.1. The fraction of sp³-hybridized carbons (Fsp3) is 0.400. The van der Waals surface area contributed by atoms with Gasteiger partial charge in [0.05, 0.1) is 0 Å². The maximum atomic E-state index is 13.9. The van der Waals surface area contributed by atoms with Gasteiger partial charge in [-0.1, -0.05) is 25.8 Å². The van der Waals surface area contributed by atoms with Gasteiger partial charge in [0.2, 0.25) is 0 Å². The molecule has 108 valence electrons. The molecule has 3 nitrogen and oxygen atoms in total. The highest BCUT2D eigenvalue weighted by Crippen LogP contribution is 2.33. The van der Waals surface area contributed by atoms with Crippen molar-refractivity contribution in [3.8, 4) is 0 Å². The fourth-order valence-electron chi connectivity index (χ4n) is 2.22. The lowest BCUT2D eigenvalue weighted by Gasteiger charge is -2.05. The summed E-state index contributed by atoms with van der Waals surface area (Å²) >= 11 is 1.13. The van der Waals surface area contributed by atoms with Gasteiger partial charge >= 0.3 is 5.97 Å². The van der Waals surface area contributed by atoms with E-state index in [9.17, 15) is 14.3 Å². The molecule has 0 saturated carbocycles. The van der Waals surface area contributed by atoms with Crippen molar-refractivity contribution < 1.29 is 14.3 Å². The number of unbranched alkanes of at least 4 members (excludes halogenated alkanes) is 2. The largest absolute Gasteiger partial charge is 0.477 e. The van der Waals surface area contributed by atoms with E-state index in [0.29, 0.717) is 22.2 Å². The van der Waals surface area contributed by atoms with Crippen LogP contribution in [0.25, 0.3) is 10.1 Å². The number of nitrogens with one attached hydrogen (secondary N) is 1. The van der Waals surface area contributed by atoms with Crippen LogP contribution in [0.5, 0.6) is 0 Å². The molecule has 20 heavy (non-hydrogen) atoms. The zero-order valence-electron chi connectivity index (χ0n) is 11.4. The number of carbonyl (C=O) groups is 1. The van der Waals surface area contributed by atoms with Crippen molar-refractivity contribution in [2.75, 3.05) is 6.54 Å². The molecule has 1 aromatic heterocycles. The summed E-state index contributed by atoms with van der Waals surface area (Å²) in [4.78, 5) is 11.5. The Bertz CT molecular complexity index is 609. The van der Waals surface area contributed by atoms with E-state index in [1.807, 2.05) is 0 Å². The van der Waals surface area contributed by atoms with Crippen LogP contribution < -0.4 is 5.32 Å². The van der Waals surface area contributed by atoms with E-state index >= 15 is 0 Å². The molecule has 2 rings (SSSR count). The minimum atomic E-state index is -0.990. The van der Waals surface area contributed by atoms with Gasteiger partial charge < -0.3 is 10.4 Å². The minimum Gasteiger partial charge on any atom is -0.477 e. The maximum Gasteiger partial charge on any atom is 0.346 e. The highest BCUT2D eigenvalue weighted by atomic mass is 32.1. The lowest BCUT2D eigenvalue weighted by Crippen LogP contribution is -2.16. The van der Waals surface area contributed by atoms with Gasteiger partial charge in [0.25, 0.3) is 0 Å². The van der Waals surface area contributed by atoms with Gasteiger partial charge in [-0.2, -0.15) is 0 Å². The third-order valence-corrected chi connectivity index (χ3v) is 4.40. The lowest BCUT2D eigenvalue weighted by atomic mass is 10.1. The number of fused-ring (bicyclic) bond motifs is 1. The van der Waals surface area contributed by atoms with Crippen molar-refractivity contribution in [2.45, 2.75) is 32.7 Å². The second kappa shape index (κ2) is 6.81. The summed E-state index contributed by atoms with van der Waals surface area (Å²) in [5, 5.41) is 12.9. The van der Waals surface area contributed by atoms with Crippen molar-refractivity contribution in [1.29, 1.82) is 0 Å². The predicted octanol–water partition coefficient (Wildman–Crippen LogP) is 4.02. The first-order valence-electron chi connectivity index (χ1n) is 6.79. The van der Waals surface area contributed by atoms with Gasteiger partial charge in [-0.05, 0) is 25.1 Å². The van der Waals surface area contributed by atoms with Gasteiger partial charge in [0, 0.05) is 22.2 Å². The quantitative estimate of drug-likeness (QED) is 0.759. The van der Waals surface area contributed by atoms with Gasteiger partial charge in [0.15, 0.2) is 0 Å². The van der Waals surface area contributed by atoms with Gasteiger partial charge in [-0.3, -0.25) is 0 Å². The average molecular weight is 295 g/mol. The smallest absolute Gasteiger partial charge is 0.346 e. The van der Waals surface area contributed by atoms with Crippen LogP contribution in [0.2, 0.25) is 0 Å². The second-order valence-electron chi connectivity index (χ2n) is 4.71. The Morgan fingerprint density at radius 1 is 1.40 bits per heavy atom. The summed E-state index contributed by atoms with van der Waals surface area (Å²) in [5.74, 6) is -1.34. The van der Waals surface area contributed by atoms with E-state index in [2.05, 4.69) is 12.2 Å². The summed E-state index contributed by atoms with van der Waals surface area (Å²) < 4.78 is 14.6. The molecule has 0 unspecified atom stereocenters.